The van der Waals surface area contributed by atoms with Crippen LogP contribution in [0.4, 0.5) is 0 Å². The van der Waals surface area contributed by atoms with Gasteiger partial charge in [-0.15, -0.1) is 0 Å². The average molecular weight is 237 g/mol. The van der Waals surface area contributed by atoms with E-state index in [1.807, 2.05) is 6.92 Å². The van der Waals surface area contributed by atoms with Gasteiger partial charge in [0, 0.05) is 12.2 Å². The van der Waals surface area contributed by atoms with Crippen molar-refractivity contribution in [2.45, 2.75) is 6.92 Å². The number of benzene rings is 1. The molecule has 0 aliphatic carbocycles. The molecule has 1 aromatic carbocycles. The molecule has 1 aromatic rings. The average Bonchev–Trinajstić information content (AvgIpc) is 2.38. The lowest BCUT2D eigenvalue weighted by Crippen LogP contribution is -2.10. The molecular weight excluding hydrogens is 220 g/mol. The Hall–Kier alpha value is -1.39. The number of rotatable bonds is 9. The van der Waals surface area contributed by atoms with Crippen molar-refractivity contribution in [3.8, 4) is 5.75 Å². The Morgan fingerprint density at radius 2 is 1.65 bits per heavy atom. The number of carbonyl (C=O) groups excluding carboxylic acids is 1. The van der Waals surface area contributed by atoms with Gasteiger partial charge >= 0.3 is 0 Å². The molecular formula is C13H17O4. The van der Waals surface area contributed by atoms with Crippen LogP contribution in [0.1, 0.15) is 12.5 Å². The van der Waals surface area contributed by atoms with Crippen molar-refractivity contribution in [3.63, 3.8) is 0 Å². The largest absolute Gasteiger partial charge is 0.491 e. The molecule has 0 fully saturated rings. The molecule has 0 saturated carbocycles. The zero-order valence-corrected chi connectivity index (χ0v) is 9.98. The van der Waals surface area contributed by atoms with Crippen molar-refractivity contribution in [1.82, 2.24) is 0 Å². The minimum absolute atomic E-state index is 0.482. The van der Waals surface area contributed by atoms with E-state index in [0.717, 1.165) is 5.75 Å². The van der Waals surface area contributed by atoms with Crippen LogP contribution in [0.15, 0.2) is 24.3 Å². The second-order valence-electron chi connectivity index (χ2n) is 3.28. The summed E-state index contributed by atoms with van der Waals surface area (Å²) in [4.78, 5) is 10.3. The van der Waals surface area contributed by atoms with Gasteiger partial charge in [-0.1, -0.05) is 0 Å². The van der Waals surface area contributed by atoms with Crippen LogP contribution in [-0.2, 0) is 14.3 Å². The summed E-state index contributed by atoms with van der Waals surface area (Å²) in [5.74, 6) is 0.720. The fraction of sp³-hybridized carbons (Fsp3) is 0.462. The van der Waals surface area contributed by atoms with Crippen LogP contribution in [0, 0.1) is 0 Å². The predicted octanol–water partition coefficient (Wildman–Crippen LogP) is 1.58. The highest BCUT2D eigenvalue weighted by molar-refractivity contribution is 5.75. The summed E-state index contributed by atoms with van der Waals surface area (Å²) >= 11 is 0. The maximum absolute atomic E-state index is 10.3. The molecule has 1 radical (unpaired) electrons. The van der Waals surface area contributed by atoms with Crippen molar-refractivity contribution in [1.29, 1.82) is 0 Å². The molecule has 93 valence electrons. The van der Waals surface area contributed by atoms with Gasteiger partial charge < -0.3 is 14.2 Å². The molecule has 0 amide bonds. The van der Waals surface area contributed by atoms with E-state index < -0.39 is 0 Å². The third-order valence-corrected chi connectivity index (χ3v) is 2.04. The number of ether oxygens (including phenoxy) is 3. The monoisotopic (exact) mass is 237 g/mol. The van der Waals surface area contributed by atoms with E-state index in [9.17, 15) is 4.79 Å². The molecule has 0 aliphatic rings. The van der Waals surface area contributed by atoms with Crippen LogP contribution < -0.4 is 4.74 Å². The van der Waals surface area contributed by atoms with Crippen molar-refractivity contribution in [2.75, 3.05) is 33.0 Å². The van der Waals surface area contributed by atoms with Gasteiger partial charge in [0.2, 0.25) is 6.29 Å². The highest BCUT2D eigenvalue weighted by Crippen LogP contribution is 2.10. The molecule has 4 nitrogen and oxygen atoms in total. The molecule has 0 N–H and O–H groups in total. The van der Waals surface area contributed by atoms with E-state index in [2.05, 4.69) is 0 Å². The van der Waals surface area contributed by atoms with Gasteiger partial charge in [-0.05, 0) is 31.2 Å². The molecule has 0 spiro atoms. The molecule has 0 bridgehead atoms. The van der Waals surface area contributed by atoms with E-state index in [1.165, 1.54) is 0 Å². The van der Waals surface area contributed by atoms with E-state index in [0.29, 0.717) is 38.6 Å². The zero-order chi connectivity index (χ0) is 12.3. The lowest BCUT2D eigenvalue weighted by molar-refractivity contribution is 0.0405. The van der Waals surface area contributed by atoms with E-state index in [-0.39, 0.29) is 0 Å². The maximum atomic E-state index is 10.3. The second-order valence-corrected chi connectivity index (χ2v) is 3.28. The SMILES string of the molecule is CCOCCOCCOc1ccc([C]=O)cc1. The highest BCUT2D eigenvalue weighted by atomic mass is 16.5. The maximum Gasteiger partial charge on any atom is 0.233 e. The normalized spacial score (nSPS) is 10.2. The van der Waals surface area contributed by atoms with Crippen LogP contribution in [0.5, 0.6) is 5.75 Å². The summed E-state index contributed by atoms with van der Waals surface area (Å²) in [6.45, 7) is 4.85. The van der Waals surface area contributed by atoms with Crippen LogP contribution in [0.3, 0.4) is 0 Å². The molecule has 0 heterocycles. The Labute approximate surface area is 101 Å². The number of hydrogen-bond acceptors (Lipinski definition) is 4. The Kier molecular flexibility index (Phi) is 7.02. The van der Waals surface area contributed by atoms with Gasteiger partial charge in [0.25, 0.3) is 0 Å². The molecule has 0 unspecified atom stereocenters. The van der Waals surface area contributed by atoms with Crippen LogP contribution in [0.2, 0.25) is 0 Å². The predicted molar refractivity (Wildman–Crippen MR) is 64.0 cm³/mol. The molecule has 1 rings (SSSR count). The zero-order valence-electron chi connectivity index (χ0n) is 9.98. The fourth-order valence-electron chi connectivity index (χ4n) is 1.20. The molecule has 0 aliphatic heterocycles. The van der Waals surface area contributed by atoms with Crippen molar-refractivity contribution in [2.24, 2.45) is 0 Å². The summed E-state index contributed by atoms with van der Waals surface area (Å²) in [6, 6.07) is 6.80. The van der Waals surface area contributed by atoms with Gasteiger partial charge in [-0.2, -0.15) is 0 Å². The van der Waals surface area contributed by atoms with Gasteiger partial charge in [0.05, 0.1) is 19.8 Å². The molecule has 0 saturated heterocycles. The number of hydrogen-bond donors (Lipinski definition) is 0. The van der Waals surface area contributed by atoms with Crippen LogP contribution in [-0.4, -0.2) is 39.3 Å². The van der Waals surface area contributed by atoms with E-state index in [4.69, 9.17) is 14.2 Å². The molecule has 0 atom stereocenters. The van der Waals surface area contributed by atoms with Crippen molar-refractivity contribution < 1.29 is 19.0 Å². The fourth-order valence-corrected chi connectivity index (χ4v) is 1.20. The first-order valence-corrected chi connectivity index (χ1v) is 5.63. The smallest absolute Gasteiger partial charge is 0.233 e. The van der Waals surface area contributed by atoms with Crippen molar-refractivity contribution in [3.05, 3.63) is 29.8 Å². The third-order valence-electron chi connectivity index (χ3n) is 2.04. The molecule has 17 heavy (non-hydrogen) atoms. The van der Waals surface area contributed by atoms with Gasteiger partial charge in [0.1, 0.15) is 12.4 Å². The first-order valence-electron chi connectivity index (χ1n) is 5.63. The van der Waals surface area contributed by atoms with Crippen molar-refractivity contribution >= 4 is 6.29 Å². The van der Waals surface area contributed by atoms with Gasteiger partial charge in [-0.25, -0.2) is 0 Å². The van der Waals surface area contributed by atoms with E-state index >= 15 is 0 Å². The third kappa shape index (κ3) is 6.04. The topological polar surface area (TPSA) is 44.8 Å². The highest BCUT2D eigenvalue weighted by Gasteiger charge is 1.95. The lowest BCUT2D eigenvalue weighted by atomic mass is 10.2. The standard InChI is InChI=1S/C13H17O4/c1-2-15-7-8-16-9-10-17-13-5-3-12(11-14)4-6-13/h3-6H,2,7-10H2,1H3. The summed E-state index contributed by atoms with van der Waals surface area (Å²) in [5.41, 5.74) is 0.519. The molecule has 0 aromatic heterocycles. The van der Waals surface area contributed by atoms with Crippen LogP contribution in [0.25, 0.3) is 0 Å². The Morgan fingerprint density at radius 1 is 1.00 bits per heavy atom. The first kappa shape index (κ1) is 13.7. The quantitative estimate of drug-likeness (QED) is 0.612. The van der Waals surface area contributed by atoms with Crippen LogP contribution >= 0.6 is 0 Å². The first-order chi connectivity index (χ1) is 8.36. The molecule has 4 heteroatoms. The Morgan fingerprint density at radius 3 is 2.29 bits per heavy atom. The lowest BCUT2D eigenvalue weighted by Gasteiger charge is -2.07. The van der Waals surface area contributed by atoms with Gasteiger partial charge in [-0.3, -0.25) is 4.79 Å². The van der Waals surface area contributed by atoms with Gasteiger partial charge in [0.15, 0.2) is 0 Å². The summed E-state index contributed by atoms with van der Waals surface area (Å²) < 4.78 is 15.8. The van der Waals surface area contributed by atoms with E-state index in [1.54, 1.807) is 30.6 Å². The Balaban J connectivity index is 2.07. The summed E-state index contributed by atoms with van der Waals surface area (Å²) in [6.07, 6.45) is 1.81. The summed E-state index contributed by atoms with van der Waals surface area (Å²) in [5, 5.41) is 0. The second kappa shape index (κ2) is 8.73. The Bertz CT molecular complexity index is 308. The summed E-state index contributed by atoms with van der Waals surface area (Å²) in [7, 11) is 0. The minimum Gasteiger partial charge on any atom is -0.491 e. The minimum atomic E-state index is 0.482.